The standard InChI is InChI=1S/C16H16BrNO2/c1-2-16(18-19)13-6-8-15(9-7-13)20-11-12-4-3-5-14(17)10-12/h3-10,19H,2,11H2,1H3/b18-16+. The monoisotopic (exact) mass is 333 g/mol. The van der Waals surface area contributed by atoms with Crippen LogP contribution >= 0.6 is 15.9 Å². The minimum absolute atomic E-state index is 0.521. The maximum Gasteiger partial charge on any atom is 0.119 e. The zero-order valence-electron chi connectivity index (χ0n) is 11.2. The highest BCUT2D eigenvalue weighted by Crippen LogP contribution is 2.17. The number of hydrogen-bond acceptors (Lipinski definition) is 3. The van der Waals surface area contributed by atoms with Crippen molar-refractivity contribution in [3.8, 4) is 5.75 Å². The van der Waals surface area contributed by atoms with E-state index < -0.39 is 0 Å². The van der Waals surface area contributed by atoms with Gasteiger partial charge in [-0.2, -0.15) is 0 Å². The number of ether oxygens (including phenoxy) is 1. The van der Waals surface area contributed by atoms with Crippen molar-refractivity contribution < 1.29 is 9.94 Å². The van der Waals surface area contributed by atoms with E-state index in [1.54, 1.807) is 0 Å². The molecule has 20 heavy (non-hydrogen) atoms. The van der Waals surface area contributed by atoms with Gasteiger partial charge in [-0.25, -0.2) is 0 Å². The number of halogens is 1. The fraction of sp³-hybridized carbons (Fsp3) is 0.188. The summed E-state index contributed by atoms with van der Waals surface area (Å²) in [6.45, 7) is 2.47. The molecule has 0 heterocycles. The molecule has 0 amide bonds. The lowest BCUT2D eigenvalue weighted by Gasteiger charge is -2.08. The molecular formula is C16H16BrNO2. The van der Waals surface area contributed by atoms with Crippen LogP contribution in [0.5, 0.6) is 5.75 Å². The molecule has 0 saturated heterocycles. The van der Waals surface area contributed by atoms with Crippen LogP contribution in [-0.2, 0) is 6.61 Å². The Bertz CT molecular complexity index is 594. The van der Waals surface area contributed by atoms with Crippen LogP contribution in [0.1, 0.15) is 24.5 Å². The first-order valence-corrected chi connectivity index (χ1v) is 7.21. The van der Waals surface area contributed by atoms with Crippen LogP contribution in [0.4, 0.5) is 0 Å². The van der Waals surface area contributed by atoms with Crippen LogP contribution < -0.4 is 4.74 Å². The fourth-order valence-corrected chi connectivity index (χ4v) is 2.32. The molecule has 0 spiro atoms. The summed E-state index contributed by atoms with van der Waals surface area (Å²) in [4.78, 5) is 0. The highest BCUT2D eigenvalue weighted by molar-refractivity contribution is 9.10. The van der Waals surface area contributed by atoms with Gasteiger partial charge in [-0.3, -0.25) is 0 Å². The van der Waals surface area contributed by atoms with Gasteiger partial charge in [0.05, 0.1) is 5.71 Å². The van der Waals surface area contributed by atoms with E-state index in [0.717, 1.165) is 21.3 Å². The van der Waals surface area contributed by atoms with E-state index in [1.807, 2.05) is 55.5 Å². The van der Waals surface area contributed by atoms with Crippen LogP contribution in [0.25, 0.3) is 0 Å². The zero-order valence-corrected chi connectivity index (χ0v) is 12.8. The molecule has 104 valence electrons. The van der Waals surface area contributed by atoms with Gasteiger partial charge in [-0.1, -0.05) is 40.1 Å². The van der Waals surface area contributed by atoms with E-state index in [0.29, 0.717) is 18.7 Å². The van der Waals surface area contributed by atoms with E-state index in [2.05, 4.69) is 21.1 Å². The molecular weight excluding hydrogens is 318 g/mol. The van der Waals surface area contributed by atoms with Crippen LogP contribution in [0.15, 0.2) is 58.2 Å². The van der Waals surface area contributed by atoms with Crippen molar-refractivity contribution in [1.29, 1.82) is 0 Å². The molecule has 0 saturated carbocycles. The van der Waals surface area contributed by atoms with Gasteiger partial charge in [0.1, 0.15) is 12.4 Å². The third-order valence-electron chi connectivity index (χ3n) is 2.94. The Kier molecular flexibility index (Phi) is 5.18. The maximum absolute atomic E-state index is 8.88. The summed E-state index contributed by atoms with van der Waals surface area (Å²) in [5.74, 6) is 0.794. The number of benzene rings is 2. The summed E-state index contributed by atoms with van der Waals surface area (Å²) in [5, 5.41) is 12.2. The molecule has 2 aromatic rings. The van der Waals surface area contributed by atoms with Crippen molar-refractivity contribution in [2.24, 2.45) is 5.16 Å². The normalized spacial score (nSPS) is 11.4. The minimum atomic E-state index is 0.521. The van der Waals surface area contributed by atoms with Crippen molar-refractivity contribution in [3.05, 3.63) is 64.1 Å². The van der Waals surface area contributed by atoms with Crippen molar-refractivity contribution in [1.82, 2.24) is 0 Å². The molecule has 0 fully saturated rings. The SMILES string of the molecule is CC/C(=N\O)c1ccc(OCc2cccc(Br)c2)cc1. The molecule has 2 aromatic carbocycles. The summed E-state index contributed by atoms with van der Waals surface area (Å²) >= 11 is 3.44. The van der Waals surface area contributed by atoms with Crippen LogP contribution in [-0.4, -0.2) is 10.9 Å². The fourth-order valence-electron chi connectivity index (χ4n) is 1.87. The van der Waals surface area contributed by atoms with E-state index >= 15 is 0 Å². The second-order valence-corrected chi connectivity index (χ2v) is 5.26. The predicted molar refractivity (Wildman–Crippen MR) is 83.5 cm³/mol. The Balaban J connectivity index is 2.01. The molecule has 4 heteroatoms. The Morgan fingerprint density at radius 2 is 1.95 bits per heavy atom. The number of nitrogens with zero attached hydrogens (tertiary/aromatic N) is 1. The van der Waals surface area contributed by atoms with E-state index in [1.165, 1.54) is 0 Å². The van der Waals surface area contributed by atoms with E-state index in [-0.39, 0.29) is 0 Å². The zero-order chi connectivity index (χ0) is 14.4. The van der Waals surface area contributed by atoms with Crippen molar-refractivity contribution in [2.75, 3.05) is 0 Å². The largest absolute Gasteiger partial charge is 0.489 e. The molecule has 0 atom stereocenters. The minimum Gasteiger partial charge on any atom is -0.489 e. The highest BCUT2D eigenvalue weighted by Gasteiger charge is 2.02. The summed E-state index contributed by atoms with van der Waals surface area (Å²) < 4.78 is 6.77. The van der Waals surface area contributed by atoms with Gasteiger partial charge in [-0.15, -0.1) is 0 Å². The molecule has 0 aliphatic carbocycles. The van der Waals surface area contributed by atoms with Crippen molar-refractivity contribution in [2.45, 2.75) is 20.0 Å². The molecule has 2 rings (SSSR count). The highest BCUT2D eigenvalue weighted by atomic mass is 79.9. The Labute approximate surface area is 127 Å². The van der Waals surface area contributed by atoms with E-state index in [4.69, 9.17) is 9.94 Å². The lowest BCUT2D eigenvalue weighted by Crippen LogP contribution is -1.99. The van der Waals surface area contributed by atoms with Gasteiger partial charge in [0.25, 0.3) is 0 Å². The lowest BCUT2D eigenvalue weighted by atomic mass is 10.1. The number of rotatable bonds is 5. The van der Waals surface area contributed by atoms with Gasteiger partial charge < -0.3 is 9.94 Å². The smallest absolute Gasteiger partial charge is 0.119 e. The van der Waals surface area contributed by atoms with Gasteiger partial charge in [-0.05, 0) is 53.9 Å². The summed E-state index contributed by atoms with van der Waals surface area (Å²) in [6, 6.07) is 15.6. The topological polar surface area (TPSA) is 41.8 Å². The van der Waals surface area contributed by atoms with Crippen LogP contribution in [0.2, 0.25) is 0 Å². The van der Waals surface area contributed by atoms with Gasteiger partial charge in [0.15, 0.2) is 0 Å². The quantitative estimate of drug-likeness (QED) is 0.493. The Hall–Kier alpha value is -1.81. The third-order valence-corrected chi connectivity index (χ3v) is 3.43. The maximum atomic E-state index is 8.88. The Morgan fingerprint density at radius 1 is 1.20 bits per heavy atom. The molecule has 0 radical (unpaired) electrons. The first-order valence-electron chi connectivity index (χ1n) is 6.41. The van der Waals surface area contributed by atoms with Gasteiger partial charge in [0.2, 0.25) is 0 Å². The molecule has 0 unspecified atom stereocenters. The summed E-state index contributed by atoms with van der Waals surface area (Å²) in [7, 11) is 0. The average molecular weight is 334 g/mol. The van der Waals surface area contributed by atoms with Gasteiger partial charge >= 0.3 is 0 Å². The Morgan fingerprint density at radius 3 is 2.55 bits per heavy atom. The summed E-state index contributed by atoms with van der Waals surface area (Å²) in [6.07, 6.45) is 0.689. The average Bonchev–Trinajstić information content (AvgIpc) is 2.48. The lowest BCUT2D eigenvalue weighted by molar-refractivity contribution is 0.306. The third kappa shape index (κ3) is 3.84. The number of oxime groups is 1. The van der Waals surface area contributed by atoms with Crippen molar-refractivity contribution in [3.63, 3.8) is 0 Å². The first-order chi connectivity index (χ1) is 9.72. The van der Waals surface area contributed by atoms with Crippen LogP contribution in [0, 0.1) is 0 Å². The summed E-state index contributed by atoms with van der Waals surface area (Å²) in [5.41, 5.74) is 2.68. The molecule has 0 aliphatic rings. The second-order valence-electron chi connectivity index (χ2n) is 4.34. The van der Waals surface area contributed by atoms with Crippen LogP contribution in [0.3, 0.4) is 0 Å². The number of hydrogen-bond donors (Lipinski definition) is 1. The molecule has 0 aromatic heterocycles. The van der Waals surface area contributed by atoms with Crippen molar-refractivity contribution >= 4 is 21.6 Å². The molecule has 0 aliphatic heterocycles. The van der Waals surface area contributed by atoms with Gasteiger partial charge in [0, 0.05) is 4.47 Å². The predicted octanol–water partition coefficient (Wildman–Crippen LogP) is 4.62. The molecule has 1 N–H and O–H groups in total. The first kappa shape index (κ1) is 14.6. The second kappa shape index (κ2) is 7.10. The molecule has 3 nitrogen and oxygen atoms in total. The molecule has 0 bridgehead atoms. The van der Waals surface area contributed by atoms with E-state index in [9.17, 15) is 0 Å².